The number of methoxy groups -OCH3 is 1. The van der Waals surface area contributed by atoms with Crippen molar-refractivity contribution < 1.29 is 41.8 Å². The molecule has 0 saturated carbocycles. The number of rotatable bonds is 8. The van der Waals surface area contributed by atoms with Gasteiger partial charge in [0, 0.05) is 57.2 Å². The SMILES string of the molecule is COc1cc(CP(=O)(O)O)ccc1Nc1ncc(C(F)(F)F)c(Nc2ccc(N3CCN4CCOCC4C3)c3c2C(=O)N(C)C3)n1. The van der Waals surface area contributed by atoms with Crippen LogP contribution < -0.4 is 20.3 Å². The second-order valence-electron chi connectivity index (χ2n) is 11.4. The third kappa shape index (κ3) is 6.62. The minimum Gasteiger partial charge on any atom is -0.495 e. The van der Waals surface area contributed by atoms with Crippen LogP contribution in [0.4, 0.5) is 42.0 Å². The fourth-order valence-corrected chi connectivity index (χ4v) is 6.75. The Morgan fingerprint density at radius 2 is 1.91 bits per heavy atom. The Labute approximate surface area is 262 Å². The predicted octanol–water partition coefficient (Wildman–Crippen LogP) is 3.78. The smallest absolute Gasteiger partial charge is 0.421 e. The van der Waals surface area contributed by atoms with Crippen LogP contribution in [0, 0.1) is 0 Å². The van der Waals surface area contributed by atoms with E-state index in [-0.39, 0.29) is 40.6 Å². The van der Waals surface area contributed by atoms with Crippen molar-refractivity contribution in [2.24, 2.45) is 0 Å². The number of anilines is 5. The van der Waals surface area contributed by atoms with Gasteiger partial charge in [-0.15, -0.1) is 0 Å². The first-order chi connectivity index (χ1) is 21.8. The van der Waals surface area contributed by atoms with E-state index in [2.05, 4.69) is 30.4 Å². The van der Waals surface area contributed by atoms with Gasteiger partial charge >= 0.3 is 13.8 Å². The summed E-state index contributed by atoms with van der Waals surface area (Å²) in [5, 5.41) is 5.59. The minimum atomic E-state index is -4.81. The maximum atomic E-state index is 14.1. The molecule has 6 rings (SSSR count). The zero-order valence-corrected chi connectivity index (χ0v) is 25.9. The number of hydrogen-bond acceptors (Lipinski definition) is 10. The highest BCUT2D eigenvalue weighted by Crippen LogP contribution is 2.42. The highest BCUT2D eigenvalue weighted by molar-refractivity contribution is 7.50. The Kier molecular flexibility index (Phi) is 8.59. The number of carbonyl (C=O) groups excluding carboxylic acids is 1. The molecular weight excluding hydrogens is 630 g/mol. The number of aromatic nitrogens is 2. The van der Waals surface area contributed by atoms with Gasteiger partial charge in [-0.25, -0.2) is 4.98 Å². The van der Waals surface area contributed by atoms with Crippen LogP contribution in [0.5, 0.6) is 5.75 Å². The predicted molar refractivity (Wildman–Crippen MR) is 163 cm³/mol. The summed E-state index contributed by atoms with van der Waals surface area (Å²) in [6.07, 6.45) is -4.69. The van der Waals surface area contributed by atoms with Crippen molar-refractivity contribution in [2.75, 3.05) is 69.1 Å². The second-order valence-corrected chi connectivity index (χ2v) is 13.1. The Morgan fingerprint density at radius 1 is 1.13 bits per heavy atom. The minimum absolute atomic E-state index is 0.173. The van der Waals surface area contributed by atoms with Gasteiger partial charge in [0.1, 0.15) is 17.1 Å². The third-order valence-corrected chi connectivity index (χ3v) is 9.05. The van der Waals surface area contributed by atoms with E-state index in [0.29, 0.717) is 38.1 Å². The zero-order valence-electron chi connectivity index (χ0n) is 25.0. The number of alkyl halides is 3. The van der Waals surface area contributed by atoms with E-state index in [1.165, 1.54) is 30.2 Å². The molecule has 1 atom stereocenters. The molecule has 17 heteroatoms. The summed E-state index contributed by atoms with van der Waals surface area (Å²) in [4.78, 5) is 46.0. The largest absolute Gasteiger partial charge is 0.495 e. The molecule has 2 fully saturated rings. The number of nitrogens with zero attached hydrogens (tertiary/aromatic N) is 5. The molecule has 0 radical (unpaired) electrons. The summed E-state index contributed by atoms with van der Waals surface area (Å²) in [5.74, 6) is -0.917. The molecule has 4 heterocycles. The van der Waals surface area contributed by atoms with Gasteiger partial charge in [-0.2, -0.15) is 18.2 Å². The van der Waals surface area contributed by atoms with Crippen LogP contribution in [0.15, 0.2) is 36.5 Å². The van der Waals surface area contributed by atoms with Gasteiger partial charge in [-0.1, -0.05) is 6.07 Å². The maximum Gasteiger partial charge on any atom is 0.421 e. The van der Waals surface area contributed by atoms with E-state index >= 15 is 0 Å². The van der Waals surface area contributed by atoms with Gasteiger partial charge in [0.05, 0.1) is 49.5 Å². The summed E-state index contributed by atoms with van der Waals surface area (Å²) < 4.78 is 64.8. The molecular formula is C29H33F3N7O6P. The Hall–Kier alpha value is -3.95. The van der Waals surface area contributed by atoms with Crippen LogP contribution in [-0.2, 0) is 28.2 Å². The standard InChI is InChI=1S/C29H33F3N7O6P/c1-37-14-19-23(39-8-7-38-9-10-45-15-18(38)13-39)6-5-22(25(19)27(37)40)34-26-20(29(30,31)32)12-33-28(36-26)35-21-4-3-17(11-24(21)44-2)16-46(41,42)43/h3-6,11-12,18H,7-10,13-16H2,1-2H3,(H2,41,42,43)(H2,33,34,35,36). The Bertz CT molecular complexity index is 1700. The number of morpholine rings is 1. The first-order valence-corrected chi connectivity index (χ1v) is 16.3. The van der Waals surface area contributed by atoms with Crippen molar-refractivity contribution in [3.05, 3.63) is 58.8 Å². The van der Waals surface area contributed by atoms with Gasteiger partial charge < -0.3 is 39.7 Å². The van der Waals surface area contributed by atoms with Crippen LogP contribution in [-0.4, -0.2) is 95.1 Å². The van der Waals surface area contributed by atoms with Crippen molar-refractivity contribution in [1.29, 1.82) is 0 Å². The summed E-state index contributed by atoms with van der Waals surface area (Å²) in [5.41, 5.74) is 1.48. The monoisotopic (exact) mass is 663 g/mol. The van der Waals surface area contributed by atoms with Crippen LogP contribution in [0.1, 0.15) is 27.0 Å². The van der Waals surface area contributed by atoms with E-state index in [9.17, 15) is 32.3 Å². The molecule has 3 aliphatic rings. The van der Waals surface area contributed by atoms with Crippen LogP contribution >= 0.6 is 7.60 Å². The summed E-state index contributed by atoms with van der Waals surface area (Å²) in [6, 6.07) is 7.95. The average Bonchev–Trinajstić information content (AvgIpc) is 3.30. The number of halogens is 3. The molecule has 13 nitrogen and oxygen atoms in total. The molecule has 1 unspecified atom stereocenters. The first kappa shape index (κ1) is 32.0. The van der Waals surface area contributed by atoms with E-state index in [0.717, 1.165) is 30.9 Å². The molecule has 46 heavy (non-hydrogen) atoms. The topological polar surface area (TPSA) is 153 Å². The molecule has 0 spiro atoms. The fourth-order valence-electron chi connectivity index (χ4n) is 6.07. The molecule has 2 saturated heterocycles. The van der Waals surface area contributed by atoms with Crippen LogP contribution in [0.25, 0.3) is 0 Å². The number of piperazine rings is 1. The number of amides is 1. The van der Waals surface area contributed by atoms with Gasteiger partial charge in [0.25, 0.3) is 5.91 Å². The van der Waals surface area contributed by atoms with E-state index in [4.69, 9.17) is 9.47 Å². The quantitative estimate of drug-likeness (QED) is 0.260. The van der Waals surface area contributed by atoms with Crippen molar-refractivity contribution in [3.63, 3.8) is 0 Å². The highest BCUT2D eigenvalue weighted by Gasteiger charge is 2.38. The van der Waals surface area contributed by atoms with Crippen molar-refractivity contribution in [2.45, 2.75) is 24.9 Å². The fraction of sp³-hybridized carbons (Fsp3) is 0.414. The third-order valence-electron chi connectivity index (χ3n) is 8.27. The van der Waals surface area contributed by atoms with Gasteiger partial charge in [-0.05, 0) is 29.8 Å². The van der Waals surface area contributed by atoms with Gasteiger partial charge in [0.2, 0.25) is 5.95 Å². The van der Waals surface area contributed by atoms with Gasteiger partial charge in [0.15, 0.2) is 0 Å². The van der Waals surface area contributed by atoms with Crippen molar-refractivity contribution in [3.8, 4) is 5.75 Å². The molecule has 2 aromatic carbocycles. The molecule has 4 N–H and O–H groups in total. The molecule has 0 aliphatic carbocycles. The van der Waals surface area contributed by atoms with E-state index in [1.54, 1.807) is 13.1 Å². The lowest BCUT2D eigenvalue weighted by molar-refractivity contribution is -0.137. The highest BCUT2D eigenvalue weighted by atomic mass is 31.2. The number of fused-ring (bicyclic) bond motifs is 2. The van der Waals surface area contributed by atoms with E-state index in [1.807, 2.05) is 6.07 Å². The Morgan fingerprint density at radius 3 is 2.65 bits per heavy atom. The maximum absolute atomic E-state index is 14.1. The number of hydrogen-bond donors (Lipinski definition) is 4. The first-order valence-electron chi connectivity index (χ1n) is 14.5. The zero-order chi connectivity index (χ0) is 32.8. The molecule has 1 aromatic heterocycles. The van der Waals surface area contributed by atoms with E-state index < -0.39 is 31.3 Å². The second kappa shape index (κ2) is 12.3. The number of benzene rings is 2. The molecule has 1 amide bonds. The summed E-state index contributed by atoms with van der Waals surface area (Å²) >= 11 is 0. The summed E-state index contributed by atoms with van der Waals surface area (Å²) in [6.45, 7) is 4.79. The van der Waals surface area contributed by atoms with Crippen LogP contribution in [0.3, 0.4) is 0 Å². The van der Waals surface area contributed by atoms with Crippen molar-refractivity contribution in [1.82, 2.24) is 19.8 Å². The van der Waals surface area contributed by atoms with Crippen LogP contribution in [0.2, 0.25) is 0 Å². The molecule has 246 valence electrons. The molecule has 3 aliphatic heterocycles. The normalized spacial score (nSPS) is 18.8. The molecule has 3 aromatic rings. The number of carbonyl (C=O) groups is 1. The number of nitrogens with one attached hydrogen (secondary N) is 2. The lowest BCUT2D eigenvalue weighted by atomic mass is 10.0. The Balaban J connectivity index is 1.32. The average molecular weight is 664 g/mol. The lowest BCUT2D eigenvalue weighted by Crippen LogP contribution is -2.58. The number of ether oxygens (including phenoxy) is 2. The van der Waals surface area contributed by atoms with Gasteiger partial charge in [-0.3, -0.25) is 14.3 Å². The lowest BCUT2D eigenvalue weighted by Gasteiger charge is -2.45. The van der Waals surface area contributed by atoms with Crippen molar-refractivity contribution >= 4 is 42.3 Å². The summed E-state index contributed by atoms with van der Waals surface area (Å²) in [7, 11) is -1.36. The molecule has 0 bridgehead atoms.